The summed E-state index contributed by atoms with van der Waals surface area (Å²) >= 11 is 0. The van der Waals surface area contributed by atoms with Crippen LogP contribution in [-0.2, 0) is 11.8 Å². The Kier molecular flexibility index (Phi) is 5.57. The number of nitrogens with zero attached hydrogens (tertiary/aromatic N) is 3. The normalized spacial score (nSPS) is 18.0. The minimum atomic E-state index is -0.0945. The van der Waals surface area contributed by atoms with Gasteiger partial charge in [-0.25, -0.2) is 4.68 Å². The summed E-state index contributed by atoms with van der Waals surface area (Å²) in [6.07, 6.45) is 4.29. The average molecular weight is 306 g/mol. The van der Waals surface area contributed by atoms with Crippen LogP contribution in [-0.4, -0.2) is 35.3 Å². The molecular weight excluding hydrogens is 280 g/mol. The molecule has 1 N–H and O–H groups in total. The standard InChI is InChI=1S/C16H26N4O2/c1-12(2)4-5-15(21)17-9-13-6-7-20(11-13)14-8-16(22)19(3)18-10-14/h8,10,12-13H,4-7,9,11H2,1-3H3,(H,17,21)/t13-/m0/s1. The third-order valence-corrected chi connectivity index (χ3v) is 4.14. The molecule has 1 aromatic heterocycles. The zero-order valence-electron chi connectivity index (χ0n) is 13.7. The van der Waals surface area contributed by atoms with Crippen molar-refractivity contribution in [1.82, 2.24) is 15.1 Å². The molecule has 0 radical (unpaired) electrons. The predicted octanol–water partition coefficient (Wildman–Crippen LogP) is 1.16. The van der Waals surface area contributed by atoms with Crippen LogP contribution in [0.1, 0.15) is 33.1 Å². The van der Waals surface area contributed by atoms with Gasteiger partial charge in [0.1, 0.15) is 0 Å². The summed E-state index contributed by atoms with van der Waals surface area (Å²) in [5, 5.41) is 7.08. The molecule has 22 heavy (non-hydrogen) atoms. The van der Waals surface area contributed by atoms with Crippen molar-refractivity contribution in [2.24, 2.45) is 18.9 Å². The van der Waals surface area contributed by atoms with E-state index in [1.807, 2.05) is 0 Å². The van der Waals surface area contributed by atoms with Gasteiger partial charge in [0.05, 0.1) is 11.9 Å². The number of rotatable bonds is 6. The highest BCUT2D eigenvalue weighted by Crippen LogP contribution is 2.21. The van der Waals surface area contributed by atoms with Gasteiger partial charge >= 0.3 is 0 Å². The number of carbonyl (C=O) groups excluding carboxylic acids is 1. The number of amides is 1. The van der Waals surface area contributed by atoms with Crippen LogP contribution in [0.4, 0.5) is 5.69 Å². The van der Waals surface area contributed by atoms with E-state index in [0.717, 1.165) is 31.6 Å². The molecular formula is C16H26N4O2. The van der Waals surface area contributed by atoms with E-state index < -0.39 is 0 Å². The third-order valence-electron chi connectivity index (χ3n) is 4.14. The molecule has 1 atom stereocenters. The smallest absolute Gasteiger partial charge is 0.268 e. The van der Waals surface area contributed by atoms with Crippen LogP contribution < -0.4 is 15.8 Å². The minimum Gasteiger partial charge on any atom is -0.370 e. The van der Waals surface area contributed by atoms with Crippen molar-refractivity contribution in [3.63, 3.8) is 0 Å². The van der Waals surface area contributed by atoms with E-state index >= 15 is 0 Å². The number of aryl methyl sites for hydroxylation is 1. The van der Waals surface area contributed by atoms with E-state index in [1.165, 1.54) is 4.68 Å². The maximum atomic E-state index is 11.8. The monoisotopic (exact) mass is 306 g/mol. The average Bonchev–Trinajstić information content (AvgIpc) is 2.94. The van der Waals surface area contributed by atoms with Crippen LogP contribution in [0, 0.1) is 11.8 Å². The van der Waals surface area contributed by atoms with Crippen LogP contribution in [0.2, 0.25) is 0 Å². The minimum absolute atomic E-state index is 0.0945. The fraction of sp³-hybridized carbons (Fsp3) is 0.688. The van der Waals surface area contributed by atoms with Gasteiger partial charge in [0.2, 0.25) is 5.91 Å². The second-order valence-corrected chi connectivity index (χ2v) is 6.51. The van der Waals surface area contributed by atoms with Gasteiger partial charge in [-0.05, 0) is 24.7 Å². The molecule has 1 aromatic rings. The molecule has 1 amide bonds. The van der Waals surface area contributed by atoms with Crippen molar-refractivity contribution < 1.29 is 4.79 Å². The molecule has 1 aliphatic rings. The molecule has 0 saturated carbocycles. The van der Waals surface area contributed by atoms with E-state index in [1.54, 1.807) is 19.3 Å². The van der Waals surface area contributed by atoms with Gasteiger partial charge in [0, 0.05) is 39.2 Å². The summed E-state index contributed by atoms with van der Waals surface area (Å²) in [5.74, 6) is 1.13. The van der Waals surface area contributed by atoms with Gasteiger partial charge in [0.25, 0.3) is 5.56 Å². The summed E-state index contributed by atoms with van der Waals surface area (Å²) in [7, 11) is 1.64. The first kappa shape index (κ1) is 16.5. The number of carbonyl (C=O) groups is 1. The Morgan fingerprint density at radius 2 is 2.27 bits per heavy atom. The maximum absolute atomic E-state index is 11.8. The van der Waals surface area contributed by atoms with E-state index in [4.69, 9.17) is 0 Å². The molecule has 0 bridgehead atoms. The first-order chi connectivity index (χ1) is 10.5. The zero-order valence-corrected chi connectivity index (χ0v) is 13.7. The largest absolute Gasteiger partial charge is 0.370 e. The molecule has 0 spiro atoms. The first-order valence-electron chi connectivity index (χ1n) is 8.00. The number of hydrogen-bond acceptors (Lipinski definition) is 4. The summed E-state index contributed by atoms with van der Waals surface area (Å²) in [5.41, 5.74) is 0.777. The van der Waals surface area contributed by atoms with Crippen molar-refractivity contribution in [3.8, 4) is 0 Å². The van der Waals surface area contributed by atoms with Crippen molar-refractivity contribution in [1.29, 1.82) is 0 Å². The highest BCUT2D eigenvalue weighted by molar-refractivity contribution is 5.75. The van der Waals surface area contributed by atoms with Crippen LogP contribution >= 0.6 is 0 Å². The molecule has 6 heteroatoms. The summed E-state index contributed by atoms with van der Waals surface area (Å²) in [4.78, 5) is 25.6. The number of aromatic nitrogens is 2. The number of hydrogen-bond donors (Lipinski definition) is 1. The highest BCUT2D eigenvalue weighted by atomic mass is 16.1. The van der Waals surface area contributed by atoms with Crippen molar-refractivity contribution in [2.45, 2.75) is 33.1 Å². The lowest BCUT2D eigenvalue weighted by Crippen LogP contribution is -2.31. The van der Waals surface area contributed by atoms with Gasteiger partial charge < -0.3 is 10.2 Å². The first-order valence-corrected chi connectivity index (χ1v) is 8.00. The highest BCUT2D eigenvalue weighted by Gasteiger charge is 2.23. The lowest BCUT2D eigenvalue weighted by Gasteiger charge is -2.18. The van der Waals surface area contributed by atoms with Gasteiger partial charge in [0.15, 0.2) is 0 Å². The third kappa shape index (κ3) is 4.58. The van der Waals surface area contributed by atoms with Gasteiger partial charge in [-0.15, -0.1) is 0 Å². The second-order valence-electron chi connectivity index (χ2n) is 6.51. The Bertz CT molecular complexity index is 568. The van der Waals surface area contributed by atoms with Crippen LogP contribution in [0.3, 0.4) is 0 Å². The van der Waals surface area contributed by atoms with Gasteiger partial charge in [-0.2, -0.15) is 5.10 Å². The van der Waals surface area contributed by atoms with E-state index in [0.29, 0.717) is 24.8 Å². The molecule has 2 heterocycles. The maximum Gasteiger partial charge on any atom is 0.268 e. The van der Waals surface area contributed by atoms with Gasteiger partial charge in [-0.1, -0.05) is 13.8 Å². The molecule has 0 unspecified atom stereocenters. The Morgan fingerprint density at radius 1 is 1.50 bits per heavy atom. The molecule has 0 aromatic carbocycles. The molecule has 1 saturated heterocycles. The predicted molar refractivity (Wildman–Crippen MR) is 86.9 cm³/mol. The topological polar surface area (TPSA) is 67.2 Å². The Morgan fingerprint density at radius 3 is 2.95 bits per heavy atom. The SMILES string of the molecule is CC(C)CCC(=O)NC[C@@H]1CCN(c2cnn(C)c(=O)c2)C1. The molecule has 122 valence electrons. The van der Waals surface area contributed by atoms with Crippen molar-refractivity contribution in [3.05, 3.63) is 22.6 Å². The molecule has 0 aliphatic carbocycles. The van der Waals surface area contributed by atoms with E-state index in [9.17, 15) is 9.59 Å². The lowest BCUT2D eigenvalue weighted by molar-refractivity contribution is -0.121. The molecule has 2 rings (SSSR count). The fourth-order valence-corrected chi connectivity index (χ4v) is 2.63. The molecule has 6 nitrogen and oxygen atoms in total. The summed E-state index contributed by atoms with van der Waals surface area (Å²) in [6, 6.07) is 1.62. The number of nitrogens with one attached hydrogen (secondary N) is 1. The second kappa shape index (κ2) is 7.42. The van der Waals surface area contributed by atoms with Crippen LogP contribution in [0.15, 0.2) is 17.1 Å². The fourth-order valence-electron chi connectivity index (χ4n) is 2.63. The number of anilines is 1. The summed E-state index contributed by atoms with van der Waals surface area (Å²) < 4.78 is 1.33. The molecule has 1 aliphatic heterocycles. The van der Waals surface area contributed by atoms with E-state index in [-0.39, 0.29) is 11.5 Å². The quantitative estimate of drug-likeness (QED) is 0.856. The Labute approximate surface area is 131 Å². The van der Waals surface area contributed by atoms with Crippen molar-refractivity contribution in [2.75, 3.05) is 24.5 Å². The van der Waals surface area contributed by atoms with E-state index in [2.05, 4.69) is 29.2 Å². The lowest BCUT2D eigenvalue weighted by atomic mass is 10.1. The van der Waals surface area contributed by atoms with Crippen LogP contribution in [0.25, 0.3) is 0 Å². The van der Waals surface area contributed by atoms with Crippen LogP contribution in [0.5, 0.6) is 0 Å². The summed E-state index contributed by atoms with van der Waals surface area (Å²) in [6.45, 7) is 6.73. The Hall–Kier alpha value is -1.85. The van der Waals surface area contributed by atoms with Crippen molar-refractivity contribution >= 4 is 11.6 Å². The molecule has 1 fully saturated rings. The Balaban J connectivity index is 1.79. The zero-order chi connectivity index (χ0) is 16.1. The van der Waals surface area contributed by atoms with Gasteiger partial charge in [-0.3, -0.25) is 9.59 Å².